The molecule has 0 radical (unpaired) electrons. The maximum Gasteiger partial charge on any atom is 0.271 e. The largest absolute Gasteiger partial charge is 0.490 e. The zero-order valence-corrected chi connectivity index (χ0v) is 14.5. The van der Waals surface area contributed by atoms with E-state index in [1.807, 2.05) is 39.6 Å². The predicted octanol–water partition coefficient (Wildman–Crippen LogP) is 2.04. The van der Waals surface area contributed by atoms with Gasteiger partial charge in [0.25, 0.3) is 5.91 Å². The molecule has 134 valence electrons. The molecular weight excluding hydrogens is 332 g/mol. The number of rotatable bonds is 5. The van der Waals surface area contributed by atoms with Crippen LogP contribution in [0.25, 0.3) is 5.65 Å². The zero-order valence-electron chi connectivity index (χ0n) is 14.5. The van der Waals surface area contributed by atoms with E-state index in [0.29, 0.717) is 24.6 Å². The summed E-state index contributed by atoms with van der Waals surface area (Å²) in [5, 5.41) is 0. The van der Waals surface area contributed by atoms with Crippen LogP contribution in [0.5, 0.6) is 5.75 Å². The van der Waals surface area contributed by atoms with E-state index in [0.717, 1.165) is 12.1 Å². The van der Waals surface area contributed by atoms with Gasteiger partial charge < -0.3 is 14.4 Å². The fourth-order valence-corrected chi connectivity index (χ4v) is 3.35. The van der Waals surface area contributed by atoms with Crippen LogP contribution in [0.1, 0.15) is 16.9 Å². The average Bonchev–Trinajstić information content (AvgIpc) is 3.33. The number of imidazole rings is 1. The summed E-state index contributed by atoms with van der Waals surface area (Å²) in [7, 11) is 1.67. The molecule has 4 rings (SSSR count). The van der Waals surface area contributed by atoms with Crippen molar-refractivity contribution in [3.8, 4) is 5.75 Å². The van der Waals surface area contributed by atoms with Gasteiger partial charge in [0.05, 0.1) is 18.3 Å². The third kappa shape index (κ3) is 3.13. The second-order valence-electron chi connectivity index (χ2n) is 6.27. The summed E-state index contributed by atoms with van der Waals surface area (Å²) in [6.45, 7) is 0.943. The van der Waals surface area contributed by atoms with Gasteiger partial charge in [-0.3, -0.25) is 14.2 Å². The van der Waals surface area contributed by atoms with Crippen LogP contribution < -0.4 is 4.74 Å². The molecule has 0 unspecified atom stereocenters. The van der Waals surface area contributed by atoms with E-state index in [-0.39, 0.29) is 18.1 Å². The first-order valence-electron chi connectivity index (χ1n) is 8.55. The van der Waals surface area contributed by atoms with Crippen molar-refractivity contribution in [1.82, 2.24) is 19.3 Å². The average molecular weight is 352 g/mol. The number of methoxy groups -OCH3 is 1. The molecular formula is C19H20N4O3. The number of fused-ring (bicyclic) bond motifs is 1. The van der Waals surface area contributed by atoms with Gasteiger partial charge in [-0.2, -0.15) is 0 Å². The van der Waals surface area contributed by atoms with Crippen molar-refractivity contribution >= 4 is 11.6 Å². The number of likely N-dealkylation sites (tertiary alicyclic amines) is 1. The summed E-state index contributed by atoms with van der Waals surface area (Å²) in [5.74, 6) is 0.644. The Morgan fingerprint density at radius 3 is 3.00 bits per heavy atom. The fraction of sp³-hybridized carbons (Fsp3) is 0.316. The minimum absolute atomic E-state index is 0.00318. The molecule has 26 heavy (non-hydrogen) atoms. The highest BCUT2D eigenvalue weighted by Gasteiger charge is 2.37. The zero-order chi connectivity index (χ0) is 17.9. The van der Waals surface area contributed by atoms with Crippen LogP contribution in [0.15, 0.2) is 55.1 Å². The molecule has 1 aliphatic rings. The van der Waals surface area contributed by atoms with E-state index in [1.54, 1.807) is 31.9 Å². The molecule has 0 N–H and O–H groups in total. The van der Waals surface area contributed by atoms with Crippen LogP contribution in [0.3, 0.4) is 0 Å². The highest BCUT2D eigenvalue weighted by Crippen LogP contribution is 2.24. The van der Waals surface area contributed by atoms with E-state index in [4.69, 9.17) is 9.47 Å². The third-order valence-corrected chi connectivity index (χ3v) is 4.69. The molecule has 1 amide bonds. The molecule has 3 aromatic heterocycles. The van der Waals surface area contributed by atoms with E-state index in [2.05, 4.69) is 9.97 Å². The summed E-state index contributed by atoms with van der Waals surface area (Å²) in [4.78, 5) is 23.3. The SMILES string of the molecule is CO[C@@H]1C[C@@H](COc2cccnc2)N(C(=O)c2cccc3nccn23)C1. The molecule has 0 bridgehead atoms. The summed E-state index contributed by atoms with van der Waals surface area (Å²) in [6, 6.07) is 9.16. The summed E-state index contributed by atoms with van der Waals surface area (Å²) in [6.07, 6.45) is 7.60. The van der Waals surface area contributed by atoms with Gasteiger partial charge in [0.1, 0.15) is 23.7 Å². The van der Waals surface area contributed by atoms with Crippen LogP contribution in [0.2, 0.25) is 0 Å². The van der Waals surface area contributed by atoms with Crippen LogP contribution in [-0.4, -0.2) is 57.6 Å². The lowest BCUT2D eigenvalue weighted by Gasteiger charge is -2.24. The first-order chi connectivity index (χ1) is 12.8. The maximum atomic E-state index is 13.2. The second-order valence-corrected chi connectivity index (χ2v) is 6.27. The number of nitrogens with zero attached hydrogens (tertiary/aromatic N) is 4. The van der Waals surface area contributed by atoms with Gasteiger partial charge in [0.15, 0.2) is 0 Å². The normalized spacial score (nSPS) is 19.8. The third-order valence-electron chi connectivity index (χ3n) is 4.69. The molecule has 0 saturated carbocycles. The van der Waals surface area contributed by atoms with E-state index < -0.39 is 0 Å². The van der Waals surface area contributed by atoms with Crippen LogP contribution in [-0.2, 0) is 4.74 Å². The molecule has 3 aromatic rings. The highest BCUT2D eigenvalue weighted by atomic mass is 16.5. The fourth-order valence-electron chi connectivity index (χ4n) is 3.35. The summed E-state index contributed by atoms with van der Waals surface area (Å²) in [5.41, 5.74) is 1.34. The Labute approximate surface area is 151 Å². The van der Waals surface area contributed by atoms with Gasteiger partial charge in [0, 0.05) is 32.2 Å². The molecule has 0 spiro atoms. The number of aromatic nitrogens is 3. The molecule has 1 aliphatic heterocycles. The van der Waals surface area contributed by atoms with Crippen LogP contribution in [0, 0.1) is 0 Å². The molecule has 0 aromatic carbocycles. The van der Waals surface area contributed by atoms with Gasteiger partial charge in [-0.15, -0.1) is 0 Å². The lowest BCUT2D eigenvalue weighted by Crippen LogP contribution is -2.40. The first-order valence-corrected chi connectivity index (χ1v) is 8.55. The molecule has 7 nitrogen and oxygen atoms in total. The van der Waals surface area contributed by atoms with Crippen molar-refractivity contribution in [2.24, 2.45) is 0 Å². The number of hydrogen-bond donors (Lipinski definition) is 0. The van der Waals surface area contributed by atoms with Gasteiger partial charge in [-0.25, -0.2) is 4.98 Å². The molecule has 2 atom stereocenters. The molecule has 4 heterocycles. The van der Waals surface area contributed by atoms with E-state index >= 15 is 0 Å². The van der Waals surface area contributed by atoms with Crippen molar-refractivity contribution in [2.45, 2.75) is 18.6 Å². The Balaban J connectivity index is 1.56. The Morgan fingerprint density at radius 2 is 2.19 bits per heavy atom. The molecule has 1 fully saturated rings. The molecule has 7 heteroatoms. The smallest absolute Gasteiger partial charge is 0.271 e. The maximum absolute atomic E-state index is 13.2. The Morgan fingerprint density at radius 1 is 1.27 bits per heavy atom. The predicted molar refractivity (Wildman–Crippen MR) is 95.2 cm³/mol. The quantitative estimate of drug-likeness (QED) is 0.703. The highest BCUT2D eigenvalue weighted by molar-refractivity contribution is 5.93. The minimum Gasteiger partial charge on any atom is -0.490 e. The van der Waals surface area contributed by atoms with Gasteiger partial charge in [0.2, 0.25) is 0 Å². The van der Waals surface area contributed by atoms with E-state index in [9.17, 15) is 4.79 Å². The Hall–Kier alpha value is -2.93. The summed E-state index contributed by atoms with van der Waals surface area (Å²) < 4.78 is 13.1. The van der Waals surface area contributed by atoms with Crippen molar-refractivity contribution < 1.29 is 14.3 Å². The number of carbonyl (C=O) groups is 1. The van der Waals surface area contributed by atoms with Crippen molar-refractivity contribution in [3.05, 3.63) is 60.8 Å². The monoisotopic (exact) mass is 352 g/mol. The van der Waals surface area contributed by atoms with Crippen molar-refractivity contribution in [2.75, 3.05) is 20.3 Å². The second kappa shape index (κ2) is 7.13. The van der Waals surface area contributed by atoms with Gasteiger partial charge in [-0.1, -0.05) is 6.07 Å². The lowest BCUT2D eigenvalue weighted by molar-refractivity contribution is 0.0650. The number of amides is 1. The van der Waals surface area contributed by atoms with Crippen molar-refractivity contribution in [3.63, 3.8) is 0 Å². The number of ether oxygens (including phenoxy) is 2. The van der Waals surface area contributed by atoms with E-state index in [1.165, 1.54) is 0 Å². The van der Waals surface area contributed by atoms with Crippen LogP contribution >= 0.6 is 0 Å². The number of pyridine rings is 2. The van der Waals surface area contributed by atoms with Gasteiger partial charge >= 0.3 is 0 Å². The first kappa shape index (κ1) is 16.5. The minimum atomic E-state index is -0.0635. The topological polar surface area (TPSA) is 69.0 Å². The lowest BCUT2D eigenvalue weighted by atomic mass is 10.2. The summed E-state index contributed by atoms with van der Waals surface area (Å²) >= 11 is 0. The van der Waals surface area contributed by atoms with Crippen LogP contribution in [0.4, 0.5) is 0 Å². The standard InChI is InChI=1S/C19H20N4O3/c1-25-16-10-14(13-26-15-4-3-7-20-11-15)23(12-16)19(24)17-5-2-6-18-21-8-9-22(17)18/h2-9,11,14,16H,10,12-13H2,1H3/t14-,16+/m0/s1. The molecule has 0 aliphatic carbocycles. The Kier molecular flexibility index (Phi) is 4.53. The molecule has 1 saturated heterocycles. The Bertz CT molecular complexity index is 896. The number of hydrogen-bond acceptors (Lipinski definition) is 5. The van der Waals surface area contributed by atoms with Crippen molar-refractivity contribution in [1.29, 1.82) is 0 Å². The number of carbonyl (C=O) groups excluding carboxylic acids is 1. The van der Waals surface area contributed by atoms with Gasteiger partial charge in [-0.05, 0) is 30.7 Å².